The Morgan fingerprint density at radius 1 is 1.10 bits per heavy atom. The molecule has 0 radical (unpaired) electrons. The molecule has 0 unspecified atom stereocenters. The third-order valence-corrected chi connectivity index (χ3v) is 6.85. The summed E-state index contributed by atoms with van der Waals surface area (Å²) in [6.07, 6.45) is 0. The first-order valence-electron chi connectivity index (χ1n) is 9.18. The molecule has 1 amide bonds. The van der Waals surface area contributed by atoms with Crippen molar-refractivity contribution < 1.29 is 17.7 Å². The van der Waals surface area contributed by atoms with Crippen LogP contribution in [0.4, 0.5) is 11.4 Å². The van der Waals surface area contributed by atoms with Gasteiger partial charge in [-0.1, -0.05) is 40.5 Å². The van der Waals surface area contributed by atoms with E-state index in [1.54, 1.807) is 49.4 Å². The first-order valence-corrected chi connectivity index (χ1v) is 11.0. The van der Waals surface area contributed by atoms with Gasteiger partial charge in [-0.25, -0.2) is 8.42 Å². The summed E-state index contributed by atoms with van der Waals surface area (Å²) in [5.41, 5.74) is 2.89. The number of carbonyl (C=O) groups is 1. The van der Waals surface area contributed by atoms with Gasteiger partial charge in [0.1, 0.15) is 12.2 Å². The van der Waals surface area contributed by atoms with Crippen molar-refractivity contribution in [1.29, 1.82) is 0 Å². The molecule has 1 aromatic heterocycles. The summed E-state index contributed by atoms with van der Waals surface area (Å²) in [6, 6.07) is 12.0. The zero-order valence-electron chi connectivity index (χ0n) is 17.1. The van der Waals surface area contributed by atoms with Crippen LogP contribution in [0.2, 0.25) is 5.02 Å². The number of benzene rings is 2. The zero-order valence-corrected chi connectivity index (χ0v) is 18.6. The summed E-state index contributed by atoms with van der Waals surface area (Å²) in [5, 5.41) is 6.95. The van der Waals surface area contributed by atoms with Crippen molar-refractivity contribution in [1.82, 2.24) is 5.16 Å². The third kappa shape index (κ3) is 4.49. The second-order valence-electron chi connectivity index (χ2n) is 7.01. The molecule has 0 fully saturated rings. The number of rotatable bonds is 6. The van der Waals surface area contributed by atoms with Crippen molar-refractivity contribution in [2.75, 3.05) is 16.2 Å². The first kappa shape index (κ1) is 21.9. The molecule has 2 aromatic carbocycles. The van der Waals surface area contributed by atoms with E-state index in [-0.39, 0.29) is 16.3 Å². The van der Waals surface area contributed by atoms with Gasteiger partial charge < -0.3 is 9.84 Å². The number of sulfonamides is 1. The van der Waals surface area contributed by atoms with Gasteiger partial charge >= 0.3 is 0 Å². The summed E-state index contributed by atoms with van der Waals surface area (Å²) in [6.45, 7) is 6.36. The van der Waals surface area contributed by atoms with Gasteiger partial charge in [0.05, 0.1) is 5.69 Å². The van der Waals surface area contributed by atoms with E-state index in [1.807, 2.05) is 13.8 Å². The lowest BCUT2D eigenvalue weighted by Gasteiger charge is -2.24. The van der Waals surface area contributed by atoms with E-state index in [1.165, 1.54) is 6.92 Å². The Morgan fingerprint density at radius 3 is 2.37 bits per heavy atom. The number of carbonyl (C=O) groups excluding carboxylic acids is 1. The maximum absolute atomic E-state index is 13.5. The molecule has 0 aliphatic rings. The van der Waals surface area contributed by atoms with Gasteiger partial charge in [0.2, 0.25) is 5.91 Å². The fraction of sp³-hybridized carbons (Fsp3) is 0.238. The minimum atomic E-state index is -4.10. The molecule has 30 heavy (non-hydrogen) atoms. The predicted molar refractivity (Wildman–Crippen MR) is 117 cm³/mol. The Kier molecular flexibility index (Phi) is 6.19. The number of halogens is 1. The molecule has 1 N–H and O–H groups in total. The van der Waals surface area contributed by atoms with E-state index >= 15 is 0 Å². The van der Waals surface area contributed by atoms with Gasteiger partial charge in [-0.15, -0.1) is 0 Å². The maximum Gasteiger partial charge on any atom is 0.270 e. The molecule has 0 saturated carbocycles. The van der Waals surface area contributed by atoms with Crippen molar-refractivity contribution in [2.24, 2.45) is 0 Å². The van der Waals surface area contributed by atoms with Crippen LogP contribution in [-0.4, -0.2) is 26.0 Å². The van der Waals surface area contributed by atoms with Crippen LogP contribution in [0.3, 0.4) is 0 Å². The highest BCUT2D eigenvalue weighted by molar-refractivity contribution is 7.93. The number of amides is 1. The summed E-state index contributed by atoms with van der Waals surface area (Å²) < 4.78 is 33.0. The van der Waals surface area contributed by atoms with E-state index in [2.05, 4.69) is 10.5 Å². The monoisotopic (exact) mass is 447 g/mol. The Morgan fingerprint density at radius 2 is 1.77 bits per heavy atom. The zero-order chi connectivity index (χ0) is 22.1. The molecule has 0 aliphatic heterocycles. The normalized spacial score (nSPS) is 11.4. The van der Waals surface area contributed by atoms with Crippen molar-refractivity contribution in [3.63, 3.8) is 0 Å². The van der Waals surface area contributed by atoms with Gasteiger partial charge in [-0.05, 0) is 57.5 Å². The standard InChI is InChI=1S/C21H22ClN3O4S/c1-13-5-9-18(10-6-13)25(30(27,28)21-15(3)24-29-16(21)4)12-20(26)23-19-11-17(22)8-7-14(19)2/h5-11H,12H2,1-4H3,(H,23,26). The van der Waals surface area contributed by atoms with E-state index in [0.29, 0.717) is 16.4 Å². The van der Waals surface area contributed by atoms with Gasteiger partial charge in [0.25, 0.3) is 10.0 Å². The van der Waals surface area contributed by atoms with Crippen molar-refractivity contribution >= 4 is 38.9 Å². The van der Waals surface area contributed by atoms with Gasteiger partial charge in [0.15, 0.2) is 10.7 Å². The molecule has 0 bridgehead atoms. The third-order valence-electron chi connectivity index (χ3n) is 4.60. The molecule has 1 heterocycles. The predicted octanol–water partition coefficient (Wildman–Crippen LogP) is 4.40. The molecular formula is C21H22ClN3O4S. The average Bonchev–Trinajstić information content (AvgIpc) is 3.02. The summed E-state index contributed by atoms with van der Waals surface area (Å²) in [4.78, 5) is 12.8. The van der Waals surface area contributed by atoms with Crippen LogP contribution in [0.25, 0.3) is 0 Å². The van der Waals surface area contributed by atoms with Crippen LogP contribution < -0.4 is 9.62 Å². The fourth-order valence-electron chi connectivity index (χ4n) is 3.03. The quantitative estimate of drug-likeness (QED) is 0.604. The van der Waals surface area contributed by atoms with E-state index < -0.39 is 22.5 Å². The van der Waals surface area contributed by atoms with Crippen molar-refractivity contribution in [3.05, 3.63) is 70.1 Å². The number of anilines is 2. The van der Waals surface area contributed by atoms with Crippen LogP contribution >= 0.6 is 11.6 Å². The topological polar surface area (TPSA) is 92.5 Å². The Labute approximate surface area is 180 Å². The minimum absolute atomic E-state index is 0.0465. The van der Waals surface area contributed by atoms with Gasteiger partial charge in [-0.2, -0.15) is 0 Å². The second kappa shape index (κ2) is 8.49. The number of aryl methyl sites for hydroxylation is 4. The number of nitrogens with zero attached hydrogens (tertiary/aromatic N) is 2. The number of aromatic nitrogens is 1. The Bertz CT molecular complexity index is 1170. The molecule has 3 rings (SSSR count). The average molecular weight is 448 g/mol. The smallest absolute Gasteiger partial charge is 0.270 e. The second-order valence-corrected chi connectivity index (χ2v) is 9.24. The number of hydrogen-bond donors (Lipinski definition) is 1. The van der Waals surface area contributed by atoms with Crippen LogP contribution in [-0.2, 0) is 14.8 Å². The first-order chi connectivity index (χ1) is 14.1. The van der Waals surface area contributed by atoms with Gasteiger partial charge in [0, 0.05) is 10.7 Å². The molecular weight excluding hydrogens is 426 g/mol. The minimum Gasteiger partial charge on any atom is -0.360 e. The van der Waals surface area contributed by atoms with Crippen LogP contribution in [0.1, 0.15) is 22.6 Å². The van der Waals surface area contributed by atoms with Crippen LogP contribution in [0, 0.1) is 27.7 Å². The SMILES string of the molecule is Cc1ccc(N(CC(=O)Nc2cc(Cl)ccc2C)S(=O)(=O)c2c(C)noc2C)cc1. The summed E-state index contributed by atoms with van der Waals surface area (Å²) >= 11 is 6.02. The lowest BCUT2D eigenvalue weighted by molar-refractivity contribution is -0.114. The highest BCUT2D eigenvalue weighted by Gasteiger charge is 2.32. The Hall–Kier alpha value is -2.84. The van der Waals surface area contributed by atoms with E-state index in [4.69, 9.17) is 16.1 Å². The van der Waals surface area contributed by atoms with Crippen molar-refractivity contribution in [3.8, 4) is 0 Å². The van der Waals surface area contributed by atoms with Gasteiger partial charge in [-0.3, -0.25) is 9.10 Å². The van der Waals surface area contributed by atoms with E-state index in [0.717, 1.165) is 15.4 Å². The molecule has 7 nitrogen and oxygen atoms in total. The lowest BCUT2D eigenvalue weighted by Crippen LogP contribution is -2.38. The Balaban J connectivity index is 1.99. The molecule has 158 valence electrons. The van der Waals surface area contributed by atoms with Crippen LogP contribution in [0.5, 0.6) is 0 Å². The lowest BCUT2D eigenvalue weighted by atomic mass is 10.2. The molecule has 3 aromatic rings. The van der Waals surface area contributed by atoms with Crippen molar-refractivity contribution in [2.45, 2.75) is 32.6 Å². The highest BCUT2D eigenvalue weighted by atomic mass is 35.5. The van der Waals surface area contributed by atoms with Crippen LogP contribution in [0.15, 0.2) is 51.9 Å². The van der Waals surface area contributed by atoms with E-state index in [9.17, 15) is 13.2 Å². The molecule has 0 aliphatic carbocycles. The number of hydrogen-bond acceptors (Lipinski definition) is 5. The largest absolute Gasteiger partial charge is 0.360 e. The number of nitrogens with one attached hydrogen (secondary N) is 1. The molecule has 0 atom stereocenters. The highest BCUT2D eigenvalue weighted by Crippen LogP contribution is 2.28. The molecule has 0 spiro atoms. The molecule has 9 heteroatoms. The molecule has 0 saturated heterocycles. The fourth-order valence-corrected chi connectivity index (χ4v) is 4.92. The maximum atomic E-state index is 13.5. The summed E-state index contributed by atoms with van der Waals surface area (Å²) in [7, 11) is -4.10. The summed E-state index contributed by atoms with van der Waals surface area (Å²) in [5.74, 6) is -0.341.